The van der Waals surface area contributed by atoms with Gasteiger partial charge >= 0.3 is 0 Å². The van der Waals surface area contributed by atoms with Crippen molar-refractivity contribution in [3.05, 3.63) is 59.7 Å². The molecule has 0 radical (unpaired) electrons. The lowest BCUT2D eigenvalue weighted by Gasteiger charge is -2.22. The normalized spacial score (nSPS) is 14.5. The Balaban J connectivity index is 2.10. The van der Waals surface area contributed by atoms with Crippen LogP contribution in [-0.4, -0.2) is 17.6 Å². The molecule has 0 aliphatic carbocycles. The summed E-state index contributed by atoms with van der Waals surface area (Å²) < 4.78 is 0. The summed E-state index contributed by atoms with van der Waals surface area (Å²) >= 11 is 0. The third-order valence-corrected chi connectivity index (χ3v) is 3.47. The van der Waals surface area contributed by atoms with E-state index in [-0.39, 0.29) is 5.84 Å². The van der Waals surface area contributed by atoms with E-state index in [0.717, 1.165) is 24.2 Å². The highest BCUT2D eigenvalue weighted by Crippen LogP contribution is 2.35. The second-order valence-electron chi connectivity index (χ2n) is 4.53. The second-order valence-corrected chi connectivity index (χ2v) is 4.53. The molecule has 0 saturated heterocycles. The fourth-order valence-electron chi connectivity index (χ4n) is 2.57. The maximum Gasteiger partial charge on any atom is 0.172 e. The van der Waals surface area contributed by atoms with Crippen LogP contribution in [0.15, 0.2) is 53.7 Å². The Labute approximate surface area is 111 Å². The topological polar surface area (TPSA) is 61.9 Å². The lowest BCUT2D eigenvalue weighted by atomic mass is 10.1. The number of nitrogens with zero attached hydrogens (tertiary/aromatic N) is 2. The van der Waals surface area contributed by atoms with Gasteiger partial charge in [-0.15, -0.1) is 0 Å². The van der Waals surface area contributed by atoms with Gasteiger partial charge < -0.3 is 15.8 Å². The number of rotatable bonds is 2. The first-order valence-electron chi connectivity index (χ1n) is 6.23. The van der Waals surface area contributed by atoms with Gasteiger partial charge in [0.15, 0.2) is 5.84 Å². The standard InChI is InChI=1S/C15H15N3O/c16-15(17-19)12-6-2-4-8-14(12)18-10-9-11-5-1-3-7-13(11)18/h1-8,19H,9-10H2,(H2,16,17). The number of para-hydroxylation sites is 2. The molecule has 3 N–H and O–H groups in total. The molecule has 1 aliphatic rings. The van der Waals surface area contributed by atoms with E-state index in [1.54, 1.807) is 0 Å². The van der Waals surface area contributed by atoms with Gasteiger partial charge in [-0.1, -0.05) is 35.5 Å². The number of anilines is 2. The third kappa shape index (κ3) is 1.91. The highest BCUT2D eigenvalue weighted by atomic mass is 16.4. The van der Waals surface area contributed by atoms with Gasteiger partial charge in [0, 0.05) is 17.8 Å². The van der Waals surface area contributed by atoms with Crippen molar-refractivity contribution in [2.75, 3.05) is 11.4 Å². The number of hydrogen-bond acceptors (Lipinski definition) is 3. The van der Waals surface area contributed by atoms with E-state index in [4.69, 9.17) is 10.9 Å². The summed E-state index contributed by atoms with van der Waals surface area (Å²) in [6.45, 7) is 0.912. The van der Waals surface area contributed by atoms with Crippen LogP contribution in [0.25, 0.3) is 0 Å². The molecule has 3 rings (SSSR count). The van der Waals surface area contributed by atoms with Crippen molar-refractivity contribution in [2.24, 2.45) is 10.9 Å². The van der Waals surface area contributed by atoms with Crippen molar-refractivity contribution < 1.29 is 5.21 Å². The molecule has 0 fully saturated rings. The maximum atomic E-state index is 8.90. The van der Waals surface area contributed by atoms with Crippen LogP contribution in [-0.2, 0) is 6.42 Å². The minimum absolute atomic E-state index is 0.139. The fraction of sp³-hybridized carbons (Fsp3) is 0.133. The Morgan fingerprint density at radius 2 is 1.74 bits per heavy atom. The minimum atomic E-state index is 0.139. The van der Waals surface area contributed by atoms with Crippen LogP contribution in [0.3, 0.4) is 0 Å². The molecule has 0 amide bonds. The minimum Gasteiger partial charge on any atom is -0.409 e. The average Bonchev–Trinajstić information content (AvgIpc) is 2.90. The SMILES string of the molecule is N/C(=N/O)c1ccccc1N1CCc2ccccc21. The van der Waals surface area contributed by atoms with E-state index < -0.39 is 0 Å². The van der Waals surface area contributed by atoms with Gasteiger partial charge in [-0.05, 0) is 30.2 Å². The number of hydrogen-bond donors (Lipinski definition) is 2. The van der Waals surface area contributed by atoms with Gasteiger partial charge in [0.25, 0.3) is 0 Å². The molecule has 0 unspecified atom stereocenters. The van der Waals surface area contributed by atoms with Crippen molar-refractivity contribution in [3.63, 3.8) is 0 Å². The van der Waals surface area contributed by atoms with Gasteiger partial charge in [0.05, 0.1) is 5.69 Å². The number of benzene rings is 2. The molecule has 4 heteroatoms. The summed E-state index contributed by atoms with van der Waals surface area (Å²) in [6, 6.07) is 16.0. The van der Waals surface area contributed by atoms with E-state index >= 15 is 0 Å². The van der Waals surface area contributed by atoms with Gasteiger partial charge in [-0.2, -0.15) is 0 Å². The van der Waals surface area contributed by atoms with Crippen LogP contribution < -0.4 is 10.6 Å². The van der Waals surface area contributed by atoms with E-state index in [2.05, 4.69) is 28.3 Å². The zero-order valence-corrected chi connectivity index (χ0v) is 10.5. The summed E-state index contributed by atoms with van der Waals surface area (Å²) in [5.41, 5.74) is 10.0. The Morgan fingerprint density at radius 3 is 2.53 bits per heavy atom. The number of nitrogens with two attached hydrogens (primary N) is 1. The first-order chi connectivity index (χ1) is 9.31. The molecular formula is C15H15N3O. The highest BCUT2D eigenvalue weighted by Gasteiger charge is 2.22. The summed E-state index contributed by atoms with van der Waals surface area (Å²) in [5.74, 6) is 0.139. The van der Waals surface area contributed by atoms with Crippen LogP contribution in [0, 0.1) is 0 Å². The summed E-state index contributed by atoms with van der Waals surface area (Å²) in [5, 5.41) is 12.0. The second kappa shape index (κ2) is 4.65. The maximum absolute atomic E-state index is 8.90. The van der Waals surface area contributed by atoms with Crippen LogP contribution in [0.1, 0.15) is 11.1 Å². The van der Waals surface area contributed by atoms with Gasteiger partial charge in [0.1, 0.15) is 0 Å². The van der Waals surface area contributed by atoms with E-state index in [9.17, 15) is 0 Å². The van der Waals surface area contributed by atoms with Crippen molar-refractivity contribution in [3.8, 4) is 0 Å². The largest absolute Gasteiger partial charge is 0.409 e. The molecule has 19 heavy (non-hydrogen) atoms. The lowest BCUT2D eigenvalue weighted by molar-refractivity contribution is 0.318. The monoisotopic (exact) mass is 253 g/mol. The zero-order valence-electron chi connectivity index (χ0n) is 10.5. The molecule has 4 nitrogen and oxygen atoms in total. The Kier molecular flexibility index (Phi) is 2.83. The number of oxime groups is 1. The molecular weight excluding hydrogens is 238 g/mol. The van der Waals surface area contributed by atoms with E-state index in [1.165, 1.54) is 11.3 Å². The average molecular weight is 253 g/mol. The van der Waals surface area contributed by atoms with Crippen molar-refractivity contribution >= 4 is 17.2 Å². The third-order valence-electron chi connectivity index (χ3n) is 3.47. The van der Waals surface area contributed by atoms with E-state index in [1.807, 2.05) is 30.3 Å². The van der Waals surface area contributed by atoms with Crippen molar-refractivity contribution in [1.82, 2.24) is 0 Å². The molecule has 1 heterocycles. The predicted octanol–water partition coefficient (Wildman–Crippen LogP) is 2.48. The molecule has 0 saturated carbocycles. The van der Waals surface area contributed by atoms with Gasteiger partial charge in [-0.3, -0.25) is 0 Å². The molecule has 0 aromatic heterocycles. The van der Waals surface area contributed by atoms with Crippen LogP contribution >= 0.6 is 0 Å². The molecule has 2 aromatic carbocycles. The smallest absolute Gasteiger partial charge is 0.172 e. The number of fused-ring (bicyclic) bond motifs is 1. The fourth-order valence-corrected chi connectivity index (χ4v) is 2.57. The molecule has 0 atom stereocenters. The summed E-state index contributed by atoms with van der Waals surface area (Å²) in [6.07, 6.45) is 1.01. The van der Waals surface area contributed by atoms with Gasteiger partial charge in [-0.25, -0.2) is 0 Å². The molecule has 96 valence electrons. The number of amidine groups is 1. The summed E-state index contributed by atoms with van der Waals surface area (Å²) in [4.78, 5) is 2.21. The van der Waals surface area contributed by atoms with Crippen molar-refractivity contribution in [1.29, 1.82) is 0 Å². The molecule has 1 aliphatic heterocycles. The Bertz CT molecular complexity index is 637. The Hall–Kier alpha value is -2.49. The van der Waals surface area contributed by atoms with E-state index in [0.29, 0.717) is 0 Å². The predicted molar refractivity (Wildman–Crippen MR) is 76.1 cm³/mol. The van der Waals surface area contributed by atoms with Crippen LogP contribution in [0.2, 0.25) is 0 Å². The van der Waals surface area contributed by atoms with Crippen LogP contribution in [0.5, 0.6) is 0 Å². The molecule has 0 bridgehead atoms. The zero-order chi connectivity index (χ0) is 13.2. The summed E-state index contributed by atoms with van der Waals surface area (Å²) in [7, 11) is 0. The quantitative estimate of drug-likeness (QED) is 0.374. The van der Waals surface area contributed by atoms with Gasteiger partial charge in [0.2, 0.25) is 0 Å². The molecule has 0 spiro atoms. The molecule has 2 aromatic rings. The Morgan fingerprint density at radius 1 is 1.05 bits per heavy atom. The highest BCUT2D eigenvalue weighted by molar-refractivity contribution is 6.03. The van der Waals surface area contributed by atoms with Crippen molar-refractivity contribution in [2.45, 2.75) is 6.42 Å². The van der Waals surface area contributed by atoms with Crippen LogP contribution in [0.4, 0.5) is 11.4 Å². The lowest BCUT2D eigenvalue weighted by Crippen LogP contribution is -2.21. The first kappa shape index (κ1) is 11.6. The first-order valence-corrected chi connectivity index (χ1v) is 6.23.